The number of nitrogens with zero attached hydrogens (tertiary/aromatic N) is 2. The Balaban J connectivity index is 1.32. The molecule has 0 unspecified atom stereocenters. The van der Waals surface area contributed by atoms with Crippen LogP contribution in [0.1, 0.15) is 0 Å². The first kappa shape index (κ1) is 31.3. The van der Waals surface area contributed by atoms with E-state index in [1.165, 1.54) is 0 Å². The fourth-order valence-corrected chi connectivity index (χ4v) is 8.32. The van der Waals surface area contributed by atoms with Gasteiger partial charge in [0.15, 0.2) is 0 Å². The lowest BCUT2D eigenvalue weighted by Gasteiger charge is -2.20. The van der Waals surface area contributed by atoms with Gasteiger partial charge < -0.3 is 9.13 Å². The Morgan fingerprint density at radius 2 is 0.943 bits per heavy atom. The monoisotopic (exact) mass is 666 g/mol. The maximum absolute atomic E-state index is 7.47. The van der Waals surface area contributed by atoms with E-state index in [9.17, 15) is 0 Å². The highest BCUT2D eigenvalue weighted by atomic mass is 15.0. The van der Waals surface area contributed by atoms with Crippen LogP contribution in [0.15, 0.2) is 176 Å². The van der Waals surface area contributed by atoms with Gasteiger partial charge in [-0.3, -0.25) is 0 Å². The van der Waals surface area contributed by atoms with Gasteiger partial charge in [0.2, 0.25) is 0 Å². The van der Waals surface area contributed by atoms with Gasteiger partial charge in [-0.15, -0.1) is 0 Å². The van der Waals surface area contributed by atoms with E-state index in [2.05, 4.69) is 167 Å². The lowest BCUT2D eigenvalue weighted by atomic mass is 9.69. The van der Waals surface area contributed by atoms with Gasteiger partial charge in [-0.25, -0.2) is 0 Å². The van der Waals surface area contributed by atoms with E-state index < -0.39 is 0 Å². The first-order valence-corrected chi connectivity index (χ1v) is 17.8. The van der Waals surface area contributed by atoms with E-state index in [-0.39, 0.29) is 0 Å². The summed E-state index contributed by atoms with van der Waals surface area (Å²) in [6, 6.07) is 61.3. The van der Waals surface area contributed by atoms with Crippen LogP contribution in [0.4, 0.5) is 0 Å². The summed E-state index contributed by atoms with van der Waals surface area (Å²) < 4.78 is 4.56. The van der Waals surface area contributed by atoms with E-state index >= 15 is 0 Å². The summed E-state index contributed by atoms with van der Waals surface area (Å²) in [6.45, 7) is 0. The van der Waals surface area contributed by atoms with Crippen LogP contribution in [0.25, 0.3) is 88.4 Å². The van der Waals surface area contributed by atoms with E-state index in [1.807, 2.05) is 18.2 Å². The molecule has 0 bridgehead atoms. The number of fused-ring (bicyclic) bond motifs is 6. The largest absolute Gasteiger partial charge is 0.309 e. The fraction of sp³-hybridized carbons (Fsp3) is 0. The van der Waals surface area contributed by atoms with Gasteiger partial charge in [0.1, 0.15) is 23.5 Å². The van der Waals surface area contributed by atoms with Crippen molar-refractivity contribution in [1.82, 2.24) is 9.13 Å². The number of benzene rings is 8. The fourth-order valence-electron chi connectivity index (χ4n) is 8.32. The van der Waals surface area contributed by atoms with Gasteiger partial charge in [0.25, 0.3) is 0 Å². The predicted octanol–water partition coefficient (Wildman–Crippen LogP) is 9.26. The third-order valence-electron chi connectivity index (χ3n) is 10.6. The molecule has 0 spiro atoms. The smallest absolute Gasteiger partial charge is 0.115 e. The number of hydrogen-bond acceptors (Lipinski definition) is 0. The van der Waals surface area contributed by atoms with E-state index in [0.29, 0.717) is 16.4 Å². The van der Waals surface area contributed by atoms with E-state index in [4.69, 9.17) is 23.5 Å². The molecule has 0 aliphatic heterocycles. The van der Waals surface area contributed by atoms with Crippen molar-refractivity contribution < 1.29 is 0 Å². The van der Waals surface area contributed by atoms with E-state index in [1.54, 1.807) is 0 Å². The standard InChI is InChI=1S/C48H29B3N2/c49-45-42(32-27-28-40-37(29-32)36-22-11-13-25-39(36)52(40)33-19-8-3-9-20-33)46(50)47(51)48-44(45)43-35(31-17-6-2-7-18-31)23-14-26-41(43)53(48)38-24-12-10-21-34(38)30-15-4-1-5-16-30/h1-29H. The van der Waals surface area contributed by atoms with Gasteiger partial charge in [0, 0.05) is 38.3 Å². The SMILES string of the molecule is [B]c1c(-c2ccc3c(c2)c2ccccc2n3-c2ccccc2)c([B])c2c3c(-c4ccccc4)cccc3n(-c3ccccc3-c3ccccc3)c2c1[B]. The van der Waals surface area contributed by atoms with Crippen LogP contribution in [0.5, 0.6) is 0 Å². The molecule has 0 atom stereocenters. The quantitative estimate of drug-likeness (QED) is 0.162. The van der Waals surface area contributed by atoms with Gasteiger partial charge in [-0.1, -0.05) is 150 Å². The van der Waals surface area contributed by atoms with Crippen molar-refractivity contribution in [3.8, 4) is 44.8 Å². The van der Waals surface area contributed by atoms with Gasteiger partial charge in [-0.2, -0.15) is 0 Å². The summed E-state index contributed by atoms with van der Waals surface area (Å²) in [5, 5.41) is 4.18. The molecule has 5 heteroatoms. The first-order valence-electron chi connectivity index (χ1n) is 17.8. The Morgan fingerprint density at radius 3 is 1.70 bits per heavy atom. The van der Waals surface area contributed by atoms with Crippen LogP contribution < -0.4 is 16.4 Å². The molecule has 6 radical (unpaired) electrons. The third kappa shape index (κ3) is 4.77. The molecule has 0 fully saturated rings. The van der Waals surface area contributed by atoms with Crippen LogP contribution in [0, 0.1) is 0 Å². The Labute approximate surface area is 312 Å². The van der Waals surface area contributed by atoms with Crippen molar-refractivity contribution in [2.45, 2.75) is 0 Å². The van der Waals surface area contributed by atoms with Crippen molar-refractivity contribution in [2.75, 3.05) is 0 Å². The zero-order valence-electron chi connectivity index (χ0n) is 28.9. The average Bonchev–Trinajstić information content (AvgIpc) is 3.75. The number of para-hydroxylation sites is 3. The van der Waals surface area contributed by atoms with E-state index in [0.717, 1.165) is 88.4 Å². The summed E-state index contributed by atoms with van der Waals surface area (Å²) in [5.74, 6) is 0. The third-order valence-corrected chi connectivity index (χ3v) is 10.6. The lowest BCUT2D eigenvalue weighted by Crippen LogP contribution is -2.35. The maximum atomic E-state index is 7.47. The molecule has 240 valence electrons. The average molecular weight is 666 g/mol. The Morgan fingerprint density at radius 1 is 0.358 bits per heavy atom. The molecule has 0 amide bonds. The summed E-state index contributed by atoms with van der Waals surface area (Å²) >= 11 is 0. The summed E-state index contributed by atoms with van der Waals surface area (Å²) in [7, 11) is 21.9. The highest BCUT2D eigenvalue weighted by Crippen LogP contribution is 2.41. The zero-order valence-corrected chi connectivity index (χ0v) is 28.9. The molecule has 0 saturated heterocycles. The molecular formula is C48H29B3N2. The van der Waals surface area contributed by atoms with Gasteiger partial charge >= 0.3 is 0 Å². The molecule has 2 nitrogen and oxygen atoms in total. The van der Waals surface area contributed by atoms with Gasteiger partial charge in [0.05, 0.1) is 22.2 Å². The molecule has 8 aromatic carbocycles. The van der Waals surface area contributed by atoms with Crippen molar-refractivity contribution in [1.29, 1.82) is 0 Å². The summed E-state index contributed by atoms with van der Waals surface area (Å²) in [4.78, 5) is 0. The van der Waals surface area contributed by atoms with Crippen LogP contribution in [0.3, 0.4) is 0 Å². The highest BCUT2D eigenvalue weighted by Gasteiger charge is 2.24. The minimum absolute atomic E-state index is 0.462. The maximum Gasteiger partial charge on any atom is 0.115 e. The molecule has 10 aromatic rings. The second-order valence-corrected chi connectivity index (χ2v) is 13.5. The number of aromatic nitrogens is 2. The molecule has 2 aromatic heterocycles. The number of hydrogen-bond donors (Lipinski definition) is 0. The topological polar surface area (TPSA) is 9.86 Å². The molecule has 0 aliphatic carbocycles. The van der Waals surface area contributed by atoms with Gasteiger partial charge in [-0.05, 0) is 70.3 Å². The second-order valence-electron chi connectivity index (χ2n) is 13.5. The molecule has 2 heterocycles. The van der Waals surface area contributed by atoms with Crippen molar-refractivity contribution in [3.63, 3.8) is 0 Å². The summed E-state index contributed by atoms with van der Waals surface area (Å²) in [5.41, 5.74) is 13.7. The molecule has 0 N–H and O–H groups in total. The molecule has 0 saturated carbocycles. The normalized spacial score (nSPS) is 11.6. The number of rotatable bonds is 5. The Hall–Kier alpha value is -6.45. The Kier molecular flexibility index (Phi) is 7.30. The van der Waals surface area contributed by atoms with Crippen molar-refractivity contribution in [2.24, 2.45) is 0 Å². The second kappa shape index (κ2) is 12.4. The van der Waals surface area contributed by atoms with Crippen LogP contribution in [-0.4, -0.2) is 32.7 Å². The van der Waals surface area contributed by atoms with Crippen LogP contribution >= 0.6 is 0 Å². The molecular weight excluding hydrogens is 637 g/mol. The zero-order chi connectivity index (χ0) is 35.6. The lowest BCUT2D eigenvalue weighted by molar-refractivity contribution is 1.18. The van der Waals surface area contributed by atoms with Crippen molar-refractivity contribution in [3.05, 3.63) is 176 Å². The Bertz CT molecular complexity index is 3020. The minimum Gasteiger partial charge on any atom is -0.309 e. The van der Waals surface area contributed by atoms with Crippen molar-refractivity contribution >= 4 is 83.5 Å². The van der Waals surface area contributed by atoms with Crippen LogP contribution in [-0.2, 0) is 0 Å². The van der Waals surface area contributed by atoms with Crippen LogP contribution in [0.2, 0.25) is 0 Å². The predicted molar refractivity (Wildman–Crippen MR) is 228 cm³/mol. The first-order chi connectivity index (χ1) is 26.1. The minimum atomic E-state index is 0.462. The summed E-state index contributed by atoms with van der Waals surface area (Å²) in [6.07, 6.45) is 0. The molecule has 0 aliphatic rings. The molecule has 53 heavy (non-hydrogen) atoms. The highest BCUT2D eigenvalue weighted by molar-refractivity contribution is 6.60. The molecule has 10 rings (SSSR count).